The lowest BCUT2D eigenvalue weighted by atomic mass is 10.2. The second-order valence-corrected chi connectivity index (χ2v) is 5.54. The van der Waals surface area contributed by atoms with Crippen LogP contribution >= 0.6 is 0 Å². The Bertz CT molecular complexity index is 543. The molecule has 17 heavy (non-hydrogen) atoms. The molecule has 2 aliphatic rings. The predicted molar refractivity (Wildman–Crippen MR) is 61.5 cm³/mol. The van der Waals surface area contributed by atoms with Gasteiger partial charge in [0.1, 0.15) is 0 Å². The Hall–Kier alpha value is -1.47. The van der Waals surface area contributed by atoms with Crippen LogP contribution in [0, 0.1) is 0 Å². The predicted octanol–water partition coefficient (Wildman–Crippen LogP) is 0.460. The quantitative estimate of drug-likeness (QED) is 0.792. The molecule has 1 N–H and O–H groups in total. The van der Waals surface area contributed by atoms with E-state index < -0.39 is 10.2 Å². The maximum absolute atomic E-state index is 11.8. The Morgan fingerprint density at radius 1 is 1.24 bits per heavy atom. The highest BCUT2D eigenvalue weighted by Crippen LogP contribution is 2.36. The van der Waals surface area contributed by atoms with Crippen LogP contribution in [0.5, 0.6) is 11.5 Å². The normalized spacial score (nSPS) is 21.5. The lowest BCUT2D eigenvalue weighted by molar-refractivity contribution is 0.174. The van der Waals surface area contributed by atoms with E-state index in [1.165, 1.54) is 4.31 Å². The van der Waals surface area contributed by atoms with Gasteiger partial charge in [0.25, 0.3) is 0 Å². The van der Waals surface area contributed by atoms with Gasteiger partial charge in [-0.1, -0.05) is 0 Å². The minimum absolute atomic E-state index is 0.184. The Balaban J connectivity index is 1.98. The molecule has 1 fully saturated rings. The summed E-state index contributed by atoms with van der Waals surface area (Å²) >= 11 is 0. The number of hydrogen-bond donors (Lipinski definition) is 1. The van der Waals surface area contributed by atoms with Crippen molar-refractivity contribution in [3.05, 3.63) is 18.2 Å². The topological polar surface area (TPSA) is 67.9 Å². The number of ether oxygens (including phenoxy) is 2. The molecule has 0 spiro atoms. The first kappa shape index (κ1) is 10.7. The molecule has 0 atom stereocenters. The van der Waals surface area contributed by atoms with Crippen LogP contribution in [0.3, 0.4) is 0 Å². The third-order valence-corrected chi connectivity index (χ3v) is 4.30. The van der Waals surface area contributed by atoms with E-state index in [1.807, 2.05) is 0 Å². The van der Waals surface area contributed by atoms with Gasteiger partial charge in [0.2, 0.25) is 6.79 Å². The van der Waals surface area contributed by atoms with Crippen LogP contribution in [0.15, 0.2) is 18.2 Å². The van der Waals surface area contributed by atoms with Crippen LogP contribution < -0.4 is 18.5 Å². The number of fused-ring (bicyclic) bond motifs is 1. The van der Waals surface area contributed by atoms with E-state index in [-0.39, 0.29) is 6.79 Å². The first-order valence-electron chi connectivity index (χ1n) is 5.34. The molecule has 92 valence electrons. The van der Waals surface area contributed by atoms with Crippen LogP contribution in [0.25, 0.3) is 0 Å². The average molecular weight is 256 g/mol. The molecule has 0 amide bonds. The van der Waals surface area contributed by atoms with Crippen molar-refractivity contribution in [2.24, 2.45) is 0 Å². The fourth-order valence-electron chi connectivity index (χ4n) is 1.93. The van der Waals surface area contributed by atoms with E-state index in [0.29, 0.717) is 30.3 Å². The van der Waals surface area contributed by atoms with Crippen molar-refractivity contribution in [1.29, 1.82) is 0 Å². The summed E-state index contributed by atoms with van der Waals surface area (Å²) in [6.07, 6.45) is 0.785. The van der Waals surface area contributed by atoms with Crippen molar-refractivity contribution in [1.82, 2.24) is 4.72 Å². The number of nitrogens with one attached hydrogen (secondary N) is 1. The van der Waals surface area contributed by atoms with E-state index in [9.17, 15) is 8.42 Å². The molecule has 0 radical (unpaired) electrons. The van der Waals surface area contributed by atoms with E-state index >= 15 is 0 Å². The van der Waals surface area contributed by atoms with Gasteiger partial charge in [-0.15, -0.1) is 0 Å². The average Bonchev–Trinajstić information content (AvgIpc) is 2.75. The Kier molecular flexibility index (Phi) is 2.37. The number of anilines is 1. The van der Waals surface area contributed by atoms with E-state index in [0.717, 1.165) is 6.42 Å². The number of rotatable bonds is 1. The molecular weight excluding hydrogens is 244 g/mol. The van der Waals surface area contributed by atoms with E-state index in [1.54, 1.807) is 18.2 Å². The summed E-state index contributed by atoms with van der Waals surface area (Å²) in [5.41, 5.74) is 0.599. The summed E-state index contributed by atoms with van der Waals surface area (Å²) in [6, 6.07) is 5.13. The third-order valence-electron chi connectivity index (χ3n) is 2.76. The highest BCUT2D eigenvalue weighted by Gasteiger charge is 2.27. The second kappa shape index (κ2) is 3.78. The highest BCUT2D eigenvalue weighted by atomic mass is 32.2. The summed E-state index contributed by atoms with van der Waals surface area (Å²) in [5, 5.41) is 0. The second-order valence-electron chi connectivity index (χ2n) is 3.86. The van der Waals surface area contributed by atoms with Crippen LogP contribution in [0.4, 0.5) is 5.69 Å². The lowest BCUT2D eigenvalue weighted by Crippen LogP contribution is -2.47. The molecule has 0 aromatic heterocycles. The van der Waals surface area contributed by atoms with Crippen molar-refractivity contribution >= 4 is 15.9 Å². The Labute approximate surface area is 99.3 Å². The summed E-state index contributed by atoms with van der Waals surface area (Å²) in [5.74, 6) is 1.24. The number of benzene rings is 1. The van der Waals surface area contributed by atoms with Crippen molar-refractivity contribution in [3.8, 4) is 11.5 Å². The van der Waals surface area contributed by atoms with Crippen molar-refractivity contribution in [2.75, 3.05) is 24.2 Å². The molecule has 6 nitrogen and oxygen atoms in total. The smallest absolute Gasteiger partial charge is 0.301 e. The first-order valence-corrected chi connectivity index (χ1v) is 6.78. The van der Waals surface area contributed by atoms with Gasteiger partial charge in [0.05, 0.1) is 5.69 Å². The van der Waals surface area contributed by atoms with Crippen molar-refractivity contribution < 1.29 is 17.9 Å². The minimum Gasteiger partial charge on any atom is -0.454 e. The molecule has 7 heteroatoms. The number of nitrogens with zero attached hydrogens (tertiary/aromatic N) is 1. The van der Waals surface area contributed by atoms with Crippen LogP contribution in [0.1, 0.15) is 6.42 Å². The molecule has 0 saturated carbocycles. The zero-order valence-electron chi connectivity index (χ0n) is 9.05. The third kappa shape index (κ3) is 1.81. The van der Waals surface area contributed by atoms with Gasteiger partial charge in [-0.25, -0.2) is 0 Å². The molecule has 1 saturated heterocycles. The van der Waals surface area contributed by atoms with E-state index in [2.05, 4.69) is 4.72 Å². The maximum Gasteiger partial charge on any atom is 0.301 e. The molecule has 0 aliphatic carbocycles. The van der Waals surface area contributed by atoms with Gasteiger partial charge in [-0.3, -0.25) is 4.31 Å². The number of hydrogen-bond acceptors (Lipinski definition) is 4. The summed E-state index contributed by atoms with van der Waals surface area (Å²) in [7, 11) is -3.41. The van der Waals surface area contributed by atoms with Gasteiger partial charge in [-0.2, -0.15) is 13.1 Å². The van der Waals surface area contributed by atoms with Crippen LogP contribution in [0.2, 0.25) is 0 Å². The molecule has 1 aromatic rings. The fourth-order valence-corrected chi connectivity index (χ4v) is 3.25. The minimum atomic E-state index is -3.41. The molecule has 0 bridgehead atoms. The van der Waals surface area contributed by atoms with Crippen LogP contribution in [-0.4, -0.2) is 28.3 Å². The molecule has 2 heterocycles. The largest absolute Gasteiger partial charge is 0.454 e. The Morgan fingerprint density at radius 3 is 2.88 bits per heavy atom. The zero-order valence-corrected chi connectivity index (χ0v) is 9.87. The summed E-state index contributed by atoms with van der Waals surface area (Å²) in [4.78, 5) is 0. The van der Waals surface area contributed by atoms with Crippen LogP contribution in [-0.2, 0) is 10.2 Å². The monoisotopic (exact) mass is 256 g/mol. The first-order chi connectivity index (χ1) is 8.17. The Morgan fingerprint density at radius 2 is 2.06 bits per heavy atom. The lowest BCUT2D eigenvalue weighted by Gasteiger charge is -2.28. The molecular formula is C10H12N2O4S. The van der Waals surface area contributed by atoms with Gasteiger partial charge < -0.3 is 9.47 Å². The van der Waals surface area contributed by atoms with Gasteiger partial charge in [0.15, 0.2) is 11.5 Å². The SMILES string of the molecule is O=S1(=O)NCCCN1c1ccc2c(c1)OCO2. The van der Waals surface area contributed by atoms with Crippen molar-refractivity contribution in [2.45, 2.75) is 6.42 Å². The van der Waals surface area contributed by atoms with Gasteiger partial charge in [0, 0.05) is 19.2 Å². The van der Waals surface area contributed by atoms with Gasteiger partial charge in [-0.05, 0) is 18.6 Å². The summed E-state index contributed by atoms with van der Waals surface area (Å²) in [6.45, 7) is 1.15. The fraction of sp³-hybridized carbons (Fsp3) is 0.400. The molecule has 3 rings (SSSR count). The van der Waals surface area contributed by atoms with E-state index in [4.69, 9.17) is 9.47 Å². The summed E-state index contributed by atoms with van der Waals surface area (Å²) < 4.78 is 37.9. The molecule has 0 unspecified atom stereocenters. The highest BCUT2D eigenvalue weighted by molar-refractivity contribution is 7.90. The molecule has 1 aromatic carbocycles. The zero-order chi connectivity index (χ0) is 11.9. The molecule has 2 aliphatic heterocycles. The standard InChI is InChI=1S/C10H12N2O4S/c13-17(14)11-4-1-5-12(17)8-2-3-9-10(6-8)16-7-15-9/h2-3,6,11H,1,4-5,7H2. The van der Waals surface area contributed by atoms with Gasteiger partial charge >= 0.3 is 10.2 Å². The maximum atomic E-state index is 11.8. The van der Waals surface area contributed by atoms with Crippen molar-refractivity contribution in [3.63, 3.8) is 0 Å².